The van der Waals surface area contributed by atoms with E-state index in [9.17, 15) is 9.59 Å². The molecular weight excluding hydrogens is 661 g/mol. The fourth-order valence-corrected chi connectivity index (χ4v) is 6.55. The fraction of sp³-hybridized carbons (Fsp3) is 0.171. The molecule has 0 atom stereocenters. The zero-order valence-corrected chi connectivity index (χ0v) is 28.3. The van der Waals surface area contributed by atoms with Crippen molar-refractivity contribution in [3.8, 4) is 22.9 Å². The highest BCUT2D eigenvalue weighted by Crippen LogP contribution is 2.27. The van der Waals surface area contributed by atoms with Crippen LogP contribution in [0, 0.1) is 0 Å². The van der Waals surface area contributed by atoms with E-state index in [1.165, 1.54) is 23.5 Å². The summed E-state index contributed by atoms with van der Waals surface area (Å²) in [5.74, 6) is 2.34. The number of nitrogens with one attached hydrogen (secondary N) is 5. The lowest BCUT2D eigenvalue weighted by atomic mass is 10.2. The first-order chi connectivity index (χ1) is 23.9. The normalized spacial score (nSPS) is 11.3. The third-order valence-electron chi connectivity index (χ3n) is 7.37. The summed E-state index contributed by atoms with van der Waals surface area (Å²) in [6.45, 7) is 5.06. The summed E-state index contributed by atoms with van der Waals surface area (Å²) in [4.78, 5) is 49.0. The minimum atomic E-state index is -0.149. The Morgan fingerprint density at radius 2 is 1.10 bits per heavy atom. The molecule has 3 heterocycles. The van der Waals surface area contributed by atoms with E-state index in [1.54, 1.807) is 0 Å². The molecule has 7 rings (SSSR count). The number of nitrogens with zero attached hydrogens (tertiary/aromatic N) is 3. The molecule has 4 aromatic carbocycles. The number of ether oxygens (including phenoxy) is 2. The molecule has 0 bridgehead atoms. The lowest BCUT2D eigenvalue weighted by Crippen LogP contribution is -2.14. The number of hydrogen-bond acceptors (Lipinski definition) is 9. The van der Waals surface area contributed by atoms with Crippen LogP contribution in [0.4, 0.5) is 11.4 Å². The molecule has 0 saturated carbocycles. The smallest absolute Gasteiger partial charge is 0.234 e. The van der Waals surface area contributed by atoms with Crippen LogP contribution in [0.25, 0.3) is 44.5 Å². The molecule has 5 N–H and O–H groups in total. The molecule has 14 heteroatoms. The number of H-pyrrole nitrogens is 3. The molecule has 0 aliphatic rings. The van der Waals surface area contributed by atoms with Crippen molar-refractivity contribution in [2.24, 2.45) is 0 Å². The Morgan fingerprint density at radius 1 is 0.612 bits per heavy atom. The average Bonchev–Trinajstić information content (AvgIpc) is 3.83. The molecular formula is C35H32N8O4S2. The Hall–Kier alpha value is -5.47. The molecule has 0 radical (unpaired) electrons. The lowest BCUT2D eigenvalue weighted by Gasteiger charge is -2.05. The predicted molar refractivity (Wildman–Crippen MR) is 195 cm³/mol. The van der Waals surface area contributed by atoms with Crippen molar-refractivity contribution in [3.63, 3.8) is 0 Å². The van der Waals surface area contributed by atoms with Crippen LogP contribution < -0.4 is 20.1 Å². The van der Waals surface area contributed by atoms with E-state index in [2.05, 4.69) is 35.6 Å². The van der Waals surface area contributed by atoms with E-state index in [-0.39, 0.29) is 23.3 Å². The van der Waals surface area contributed by atoms with Crippen molar-refractivity contribution >= 4 is 79.8 Å². The van der Waals surface area contributed by atoms with E-state index in [4.69, 9.17) is 14.5 Å². The summed E-state index contributed by atoms with van der Waals surface area (Å²) in [6, 6.07) is 24.4. The van der Waals surface area contributed by atoms with Crippen LogP contribution in [0.1, 0.15) is 13.8 Å². The van der Waals surface area contributed by atoms with Crippen molar-refractivity contribution in [2.75, 3.05) is 35.4 Å². The standard InChI is InChI=1S/C35H32N8O4S2/c1-3-46-23-10-13-26-29(16-23)42-34(40-26)48-18-31(44)36-21-7-5-20(6-8-21)33-38-25-12-9-22(15-28(25)39-33)37-32(45)19-49-35-41-27-14-11-24(47-4-2)17-30(27)43-35/h5-17H,3-4,18-19H2,1-2H3,(H,36,44)(H,37,45)(H,38,39)(H,40,42)(H,41,43). The van der Waals surface area contributed by atoms with E-state index in [1.807, 2.05) is 92.7 Å². The van der Waals surface area contributed by atoms with Crippen LogP contribution in [-0.2, 0) is 9.59 Å². The molecule has 2 amide bonds. The molecule has 49 heavy (non-hydrogen) atoms. The van der Waals surface area contributed by atoms with Crippen LogP contribution >= 0.6 is 23.5 Å². The van der Waals surface area contributed by atoms with E-state index in [0.717, 1.165) is 50.2 Å². The van der Waals surface area contributed by atoms with Crippen LogP contribution in [0.5, 0.6) is 11.5 Å². The Bertz CT molecular complexity index is 2280. The molecule has 7 aromatic rings. The first-order valence-electron chi connectivity index (χ1n) is 15.6. The van der Waals surface area contributed by atoms with Gasteiger partial charge in [-0.05, 0) is 80.6 Å². The number of aromatic nitrogens is 6. The summed E-state index contributed by atoms with van der Waals surface area (Å²) in [5.41, 5.74) is 7.12. The van der Waals surface area contributed by atoms with Crippen molar-refractivity contribution in [3.05, 3.63) is 78.9 Å². The van der Waals surface area contributed by atoms with Gasteiger partial charge in [0.05, 0.1) is 57.8 Å². The van der Waals surface area contributed by atoms with Crippen molar-refractivity contribution in [1.29, 1.82) is 0 Å². The number of fused-ring (bicyclic) bond motifs is 3. The molecule has 0 aliphatic carbocycles. The molecule has 0 aliphatic heterocycles. The van der Waals surface area contributed by atoms with Crippen LogP contribution in [0.3, 0.4) is 0 Å². The summed E-state index contributed by atoms with van der Waals surface area (Å²) in [7, 11) is 0. The number of rotatable bonds is 13. The number of amides is 2. The number of benzene rings is 4. The van der Waals surface area contributed by atoms with Gasteiger partial charge in [-0.1, -0.05) is 23.5 Å². The van der Waals surface area contributed by atoms with Gasteiger partial charge in [0, 0.05) is 29.1 Å². The van der Waals surface area contributed by atoms with E-state index >= 15 is 0 Å². The number of carbonyl (C=O) groups is 2. The first kappa shape index (κ1) is 32.1. The minimum absolute atomic E-state index is 0.140. The summed E-state index contributed by atoms with van der Waals surface area (Å²) in [6.07, 6.45) is 0. The molecule has 0 saturated heterocycles. The molecule has 0 spiro atoms. The second kappa shape index (κ2) is 14.3. The Labute approximate surface area is 289 Å². The molecule has 0 fully saturated rings. The van der Waals surface area contributed by atoms with Gasteiger partial charge >= 0.3 is 0 Å². The predicted octanol–water partition coefficient (Wildman–Crippen LogP) is 7.24. The number of anilines is 2. The largest absolute Gasteiger partial charge is 0.494 e. The second-order valence-corrected chi connectivity index (χ2v) is 12.8. The summed E-state index contributed by atoms with van der Waals surface area (Å²) < 4.78 is 11.1. The Kier molecular flexibility index (Phi) is 9.39. The summed E-state index contributed by atoms with van der Waals surface area (Å²) in [5, 5.41) is 7.21. The number of thioether (sulfide) groups is 2. The third kappa shape index (κ3) is 7.66. The average molecular weight is 693 g/mol. The zero-order chi connectivity index (χ0) is 33.7. The Balaban J connectivity index is 0.918. The zero-order valence-electron chi connectivity index (χ0n) is 26.6. The van der Waals surface area contributed by atoms with Gasteiger partial charge in [-0.25, -0.2) is 15.0 Å². The van der Waals surface area contributed by atoms with Gasteiger partial charge in [-0.15, -0.1) is 0 Å². The quantitative estimate of drug-likeness (QED) is 0.0784. The maximum Gasteiger partial charge on any atom is 0.234 e. The van der Waals surface area contributed by atoms with Crippen LogP contribution in [0.2, 0.25) is 0 Å². The second-order valence-electron chi connectivity index (χ2n) is 10.9. The SMILES string of the molecule is CCOc1ccc2nc(SCC(=O)Nc3ccc(-c4nc5ccc(NC(=O)CSc6nc7ccc(OCC)cc7[nH]6)cc5[nH]4)cc3)[nH]c2c1. The van der Waals surface area contributed by atoms with E-state index < -0.39 is 0 Å². The van der Waals surface area contributed by atoms with Crippen molar-refractivity contribution in [1.82, 2.24) is 29.9 Å². The molecule has 3 aromatic heterocycles. The highest BCUT2D eigenvalue weighted by Gasteiger charge is 2.12. The van der Waals surface area contributed by atoms with Gasteiger partial charge in [0.25, 0.3) is 0 Å². The van der Waals surface area contributed by atoms with Gasteiger partial charge in [0.15, 0.2) is 10.3 Å². The minimum Gasteiger partial charge on any atom is -0.494 e. The van der Waals surface area contributed by atoms with Crippen LogP contribution in [0.15, 0.2) is 89.2 Å². The molecule has 12 nitrogen and oxygen atoms in total. The van der Waals surface area contributed by atoms with Crippen molar-refractivity contribution < 1.29 is 19.1 Å². The van der Waals surface area contributed by atoms with Gasteiger partial charge in [0.2, 0.25) is 11.8 Å². The van der Waals surface area contributed by atoms with Crippen LogP contribution in [-0.4, -0.2) is 66.4 Å². The van der Waals surface area contributed by atoms with Gasteiger partial charge in [-0.3, -0.25) is 9.59 Å². The summed E-state index contributed by atoms with van der Waals surface area (Å²) >= 11 is 2.66. The van der Waals surface area contributed by atoms with Crippen molar-refractivity contribution in [2.45, 2.75) is 24.2 Å². The van der Waals surface area contributed by atoms with Gasteiger partial charge in [0.1, 0.15) is 17.3 Å². The number of aromatic amines is 3. The third-order valence-corrected chi connectivity index (χ3v) is 9.12. The number of carbonyl (C=O) groups excluding carboxylic acids is 2. The lowest BCUT2D eigenvalue weighted by molar-refractivity contribution is -0.114. The van der Waals surface area contributed by atoms with Gasteiger partial charge < -0.3 is 35.1 Å². The highest BCUT2D eigenvalue weighted by atomic mass is 32.2. The highest BCUT2D eigenvalue weighted by molar-refractivity contribution is 8.00. The Morgan fingerprint density at radius 3 is 1.67 bits per heavy atom. The monoisotopic (exact) mass is 692 g/mol. The number of hydrogen-bond donors (Lipinski definition) is 5. The van der Waals surface area contributed by atoms with Gasteiger partial charge in [-0.2, -0.15) is 0 Å². The maximum atomic E-state index is 12.7. The topological polar surface area (TPSA) is 163 Å². The fourth-order valence-electron chi connectivity index (χ4n) is 5.18. The maximum absolute atomic E-state index is 12.7. The first-order valence-corrected chi connectivity index (χ1v) is 17.6. The van der Waals surface area contributed by atoms with E-state index in [0.29, 0.717) is 40.7 Å². The molecule has 0 unspecified atom stereocenters. The number of imidazole rings is 3. The molecule has 248 valence electrons.